The van der Waals surface area contributed by atoms with Crippen molar-refractivity contribution in [3.8, 4) is 0 Å². The molecule has 2 fully saturated rings. The van der Waals surface area contributed by atoms with Crippen molar-refractivity contribution in [1.29, 1.82) is 0 Å². The maximum Gasteiger partial charge on any atom is 0.191 e. The van der Waals surface area contributed by atoms with E-state index in [0.29, 0.717) is 6.04 Å². The molecule has 2 aliphatic rings. The molecule has 162 valence electrons. The Kier molecular flexibility index (Phi) is 9.25. The Morgan fingerprint density at radius 1 is 1.14 bits per heavy atom. The molecule has 1 aliphatic heterocycles. The summed E-state index contributed by atoms with van der Waals surface area (Å²) in [5, 5.41) is 7.10. The first-order valence-corrected chi connectivity index (χ1v) is 11.3. The predicted octanol–water partition coefficient (Wildman–Crippen LogP) is 2.32. The Morgan fingerprint density at radius 2 is 1.90 bits per heavy atom. The van der Waals surface area contributed by atoms with Crippen LogP contribution in [0.2, 0.25) is 0 Å². The van der Waals surface area contributed by atoms with Crippen molar-refractivity contribution in [2.24, 2.45) is 4.99 Å². The van der Waals surface area contributed by atoms with Crippen LogP contribution >= 0.6 is 0 Å². The number of guanidine groups is 1. The molecule has 1 aliphatic carbocycles. The predicted molar refractivity (Wildman–Crippen MR) is 120 cm³/mol. The van der Waals surface area contributed by atoms with Crippen LogP contribution in [0.5, 0.6) is 0 Å². The zero-order valence-corrected chi connectivity index (χ0v) is 18.3. The maximum atomic E-state index is 5.26. The molecule has 1 aromatic carbocycles. The summed E-state index contributed by atoms with van der Waals surface area (Å²) in [6.45, 7) is 10.0. The smallest absolute Gasteiger partial charge is 0.191 e. The van der Waals surface area contributed by atoms with Crippen molar-refractivity contribution in [3.63, 3.8) is 0 Å². The molecule has 6 nitrogen and oxygen atoms in total. The van der Waals surface area contributed by atoms with E-state index in [1.165, 1.54) is 31.2 Å². The number of rotatable bonds is 11. The fourth-order valence-corrected chi connectivity index (χ4v) is 4.01. The largest absolute Gasteiger partial charge is 0.383 e. The Bertz CT molecular complexity index is 597. The van der Waals surface area contributed by atoms with E-state index in [9.17, 15) is 0 Å². The van der Waals surface area contributed by atoms with E-state index in [2.05, 4.69) is 57.7 Å². The molecule has 0 spiro atoms. The number of ether oxygens (including phenoxy) is 1. The molecular weight excluding hydrogens is 362 g/mol. The third-order valence-corrected chi connectivity index (χ3v) is 5.82. The molecule has 0 bridgehead atoms. The molecule has 0 unspecified atom stereocenters. The van der Waals surface area contributed by atoms with Crippen LogP contribution in [0.1, 0.15) is 38.2 Å². The average molecular weight is 402 g/mol. The van der Waals surface area contributed by atoms with E-state index < -0.39 is 0 Å². The van der Waals surface area contributed by atoms with Crippen LogP contribution in [-0.2, 0) is 11.3 Å². The Hall–Kier alpha value is -1.63. The maximum absolute atomic E-state index is 5.26. The summed E-state index contributed by atoms with van der Waals surface area (Å²) >= 11 is 0. The number of hydrogen-bond donors (Lipinski definition) is 2. The highest BCUT2D eigenvalue weighted by Crippen LogP contribution is 2.26. The molecule has 0 aromatic heterocycles. The summed E-state index contributed by atoms with van der Waals surface area (Å²) in [6.07, 6.45) is 4.99. The standard InChI is InChI=1S/C23H39N5O/c1-3-24-23(25-13-16-28(17-18-29-2)22-9-10-22)26-21-11-14-27(15-12-21)19-20-7-5-4-6-8-20/h4-8,21-22H,3,9-19H2,1-2H3,(H2,24,25,26). The van der Waals surface area contributed by atoms with Gasteiger partial charge in [0.2, 0.25) is 0 Å². The van der Waals surface area contributed by atoms with Crippen molar-refractivity contribution < 1.29 is 4.74 Å². The first kappa shape index (κ1) is 22.1. The van der Waals surface area contributed by atoms with E-state index in [-0.39, 0.29) is 0 Å². The topological polar surface area (TPSA) is 52.1 Å². The number of nitrogens with zero attached hydrogens (tertiary/aromatic N) is 3. The van der Waals surface area contributed by atoms with Gasteiger partial charge in [-0.25, -0.2) is 0 Å². The lowest BCUT2D eigenvalue weighted by molar-refractivity contribution is 0.145. The average Bonchev–Trinajstić information content (AvgIpc) is 3.58. The van der Waals surface area contributed by atoms with E-state index in [4.69, 9.17) is 9.73 Å². The van der Waals surface area contributed by atoms with Gasteiger partial charge in [-0.1, -0.05) is 30.3 Å². The Balaban J connectivity index is 1.41. The summed E-state index contributed by atoms with van der Waals surface area (Å²) in [5.74, 6) is 0.969. The molecule has 2 N–H and O–H groups in total. The van der Waals surface area contributed by atoms with Crippen LogP contribution in [0.15, 0.2) is 35.3 Å². The van der Waals surface area contributed by atoms with Gasteiger partial charge in [-0.15, -0.1) is 0 Å². The Morgan fingerprint density at radius 3 is 2.55 bits per heavy atom. The lowest BCUT2D eigenvalue weighted by Crippen LogP contribution is -2.48. The third kappa shape index (κ3) is 7.96. The fraction of sp³-hybridized carbons (Fsp3) is 0.696. The summed E-state index contributed by atoms with van der Waals surface area (Å²) in [7, 11) is 1.78. The molecule has 0 atom stereocenters. The summed E-state index contributed by atoms with van der Waals surface area (Å²) in [4.78, 5) is 9.93. The van der Waals surface area contributed by atoms with Crippen LogP contribution < -0.4 is 10.6 Å². The number of nitrogens with one attached hydrogen (secondary N) is 2. The van der Waals surface area contributed by atoms with Gasteiger partial charge >= 0.3 is 0 Å². The minimum absolute atomic E-state index is 0.507. The van der Waals surface area contributed by atoms with Crippen molar-refractivity contribution in [3.05, 3.63) is 35.9 Å². The number of aliphatic imine (C=N–C) groups is 1. The van der Waals surface area contributed by atoms with E-state index in [1.807, 2.05) is 0 Å². The van der Waals surface area contributed by atoms with E-state index >= 15 is 0 Å². The van der Waals surface area contributed by atoms with Gasteiger partial charge in [0.25, 0.3) is 0 Å². The summed E-state index contributed by atoms with van der Waals surface area (Å²) in [5.41, 5.74) is 1.41. The van der Waals surface area contributed by atoms with Crippen molar-refractivity contribution >= 4 is 5.96 Å². The molecule has 0 radical (unpaired) electrons. The summed E-state index contributed by atoms with van der Waals surface area (Å²) in [6, 6.07) is 12.0. The molecule has 29 heavy (non-hydrogen) atoms. The van der Waals surface area contributed by atoms with Crippen molar-refractivity contribution in [2.45, 2.75) is 51.2 Å². The van der Waals surface area contributed by atoms with E-state index in [1.54, 1.807) is 7.11 Å². The van der Waals surface area contributed by atoms with Crippen LogP contribution in [0.25, 0.3) is 0 Å². The number of hydrogen-bond acceptors (Lipinski definition) is 4. The number of piperidine rings is 1. The second kappa shape index (κ2) is 12.2. The highest BCUT2D eigenvalue weighted by molar-refractivity contribution is 5.80. The zero-order chi connectivity index (χ0) is 20.3. The Labute approximate surface area is 176 Å². The number of benzene rings is 1. The number of likely N-dealkylation sites (tertiary alicyclic amines) is 1. The molecule has 1 saturated heterocycles. The first-order valence-electron chi connectivity index (χ1n) is 11.3. The quantitative estimate of drug-likeness (QED) is 0.440. The first-order chi connectivity index (χ1) is 14.3. The van der Waals surface area contributed by atoms with Crippen LogP contribution in [0.3, 0.4) is 0 Å². The highest BCUT2D eigenvalue weighted by atomic mass is 16.5. The van der Waals surface area contributed by atoms with E-state index in [0.717, 1.165) is 64.4 Å². The van der Waals surface area contributed by atoms with Gasteiger partial charge in [0.05, 0.1) is 13.2 Å². The molecule has 0 amide bonds. The van der Waals surface area contributed by atoms with Crippen molar-refractivity contribution in [2.75, 3.05) is 53.0 Å². The minimum atomic E-state index is 0.507. The van der Waals surface area contributed by atoms with Gasteiger partial charge in [-0.05, 0) is 38.2 Å². The second-order valence-corrected chi connectivity index (χ2v) is 8.20. The SMILES string of the molecule is CCNC(=NCCN(CCOC)C1CC1)NC1CCN(Cc2ccccc2)CC1. The highest BCUT2D eigenvalue weighted by Gasteiger charge is 2.28. The minimum Gasteiger partial charge on any atom is -0.383 e. The monoisotopic (exact) mass is 401 g/mol. The van der Waals surface area contributed by atoms with Gasteiger partial charge in [-0.3, -0.25) is 14.8 Å². The van der Waals surface area contributed by atoms with Gasteiger partial charge in [0.15, 0.2) is 5.96 Å². The van der Waals surface area contributed by atoms with Gasteiger partial charge < -0.3 is 15.4 Å². The van der Waals surface area contributed by atoms with Crippen LogP contribution in [0.4, 0.5) is 0 Å². The lowest BCUT2D eigenvalue weighted by atomic mass is 10.0. The second-order valence-electron chi connectivity index (χ2n) is 8.20. The molecule has 1 saturated carbocycles. The molecular formula is C23H39N5O. The summed E-state index contributed by atoms with van der Waals surface area (Å²) < 4.78 is 5.26. The lowest BCUT2D eigenvalue weighted by Gasteiger charge is -2.33. The molecule has 1 heterocycles. The molecule has 6 heteroatoms. The van der Waals surface area contributed by atoms with Crippen LogP contribution in [0, 0.1) is 0 Å². The number of methoxy groups -OCH3 is 1. The third-order valence-electron chi connectivity index (χ3n) is 5.82. The van der Waals surface area contributed by atoms with Crippen LogP contribution in [-0.4, -0.2) is 80.8 Å². The molecule has 3 rings (SSSR count). The van der Waals surface area contributed by atoms with Gasteiger partial charge in [0.1, 0.15) is 0 Å². The normalized spacial score (nSPS) is 18.9. The van der Waals surface area contributed by atoms with Gasteiger partial charge in [-0.2, -0.15) is 0 Å². The zero-order valence-electron chi connectivity index (χ0n) is 18.3. The van der Waals surface area contributed by atoms with Crippen molar-refractivity contribution in [1.82, 2.24) is 20.4 Å². The fourth-order valence-electron chi connectivity index (χ4n) is 4.01. The molecule has 1 aromatic rings. The van der Waals surface area contributed by atoms with Gasteiger partial charge in [0, 0.05) is 58.5 Å².